The molecular weight excluding hydrogens is 228 g/mol. The van der Waals surface area contributed by atoms with Gasteiger partial charge in [0.25, 0.3) is 0 Å². The topological polar surface area (TPSA) is 70.7 Å². The van der Waals surface area contributed by atoms with E-state index in [1.807, 2.05) is 19.1 Å². The smallest absolute Gasteiger partial charge is 0.226 e. The number of rotatable bonds is 3. The van der Waals surface area contributed by atoms with Crippen LogP contribution in [0.15, 0.2) is 12.1 Å². The fourth-order valence-electron chi connectivity index (χ4n) is 1.38. The van der Waals surface area contributed by atoms with E-state index in [2.05, 4.69) is 20.5 Å². The maximum absolute atomic E-state index is 11.4. The zero-order chi connectivity index (χ0) is 11.5. The summed E-state index contributed by atoms with van der Waals surface area (Å²) in [7, 11) is 0. The molecule has 0 aliphatic rings. The first-order chi connectivity index (χ1) is 7.70. The van der Waals surface area contributed by atoms with Gasteiger partial charge in [-0.1, -0.05) is 0 Å². The number of halogens is 1. The molecule has 0 atom stereocenters. The number of aromatic nitrogens is 3. The summed E-state index contributed by atoms with van der Waals surface area (Å²) in [6, 6.07) is 3.74. The van der Waals surface area contributed by atoms with Gasteiger partial charge in [0.05, 0.1) is 5.39 Å². The number of carbonyl (C=O) groups is 1. The normalized spacial score (nSPS) is 10.6. The van der Waals surface area contributed by atoms with Crippen molar-refractivity contribution in [2.75, 3.05) is 11.2 Å². The van der Waals surface area contributed by atoms with E-state index < -0.39 is 0 Å². The molecule has 0 aromatic carbocycles. The van der Waals surface area contributed by atoms with Crippen molar-refractivity contribution in [3.8, 4) is 0 Å². The third-order valence-electron chi connectivity index (χ3n) is 2.14. The molecule has 2 aromatic heterocycles. The molecule has 0 aliphatic heterocycles. The van der Waals surface area contributed by atoms with Crippen LogP contribution in [0.4, 0.5) is 5.82 Å². The number of aryl methyl sites for hydroxylation is 1. The molecule has 0 spiro atoms. The fourth-order valence-corrected chi connectivity index (χ4v) is 1.55. The van der Waals surface area contributed by atoms with E-state index in [0.29, 0.717) is 17.3 Å². The third kappa shape index (κ3) is 2.14. The van der Waals surface area contributed by atoms with Crippen LogP contribution < -0.4 is 5.32 Å². The van der Waals surface area contributed by atoms with Crippen molar-refractivity contribution in [2.24, 2.45) is 0 Å². The maximum Gasteiger partial charge on any atom is 0.226 e. The minimum atomic E-state index is -0.149. The Hall–Kier alpha value is -1.62. The van der Waals surface area contributed by atoms with E-state index in [0.717, 1.165) is 11.1 Å². The van der Waals surface area contributed by atoms with Crippen molar-refractivity contribution in [1.29, 1.82) is 0 Å². The highest BCUT2D eigenvalue weighted by Crippen LogP contribution is 2.18. The second-order valence-electron chi connectivity index (χ2n) is 3.41. The van der Waals surface area contributed by atoms with Gasteiger partial charge < -0.3 is 5.32 Å². The van der Waals surface area contributed by atoms with Crippen molar-refractivity contribution in [2.45, 2.75) is 13.3 Å². The number of hydrogen-bond acceptors (Lipinski definition) is 3. The van der Waals surface area contributed by atoms with Crippen molar-refractivity contribution in [1.82, 2.24) is 15.2 Å². The molecule has 16 heavy (non-hydrogen) atoms. The molecule has 0 saturated heterocycles. The first-order valence-electron chi connectivity index (χ1n) is 4.88. The number of nitrogens with one attached hydrogen (secondary N) is 2. The number of pyridine rings is 1. The molecule has 6 heteroatoms. The molecule has 0 bridgehead atoms. The number of anilines is 1. The highest BCUT2D eigenvalue weighted by molar-refractivity contribution is 6.19. The van der Waals surface area contributed by atoms with E-state index >= 15 is 0 Å². The Morgan fingerprint density at radius 3 is 3.12 bits per heavy atom. The number of amides is 1. The average Bonchev–Trinajstić information content (AvgIpc) is 2.61. The van der Waals surface area contributed by atoms with Gasteiger partial charge in [0, 0.05) is 18.0 Å². The van der Waals surface area contributed by atoms with Crippen LogP contribution in [-0.2, 0) is 4.79 Å². The quantitative estimate of drug-likeness (QED) is 0.802. The van der Waals surface area contributed by atoms with Gasteiger partial charge in [-0.05, 0) is 19.1 Å². The first-order valence-corrected chi connectivity index (χ1v) is 5.41. The highest BCUT2D eigenvalue weighted by atomic mass is 35.5. The Kier molecular flexibility index (Phi) is 3.05. The summed E-state index contributed by atoms with van der Waals surface area (Å²) in [5.74, 6) is 0.646. The van der Waals surface area contributed by atoms with Gasteiger partial charge in [-0.25, -0.2) is 4.98 Å². The van der Waals surface area contributed by atoms with Crippen LogP contribution in [0.25, 0.3) is 11.0 Å². The van der Waals surface area contributed by atoms with Crippen molar-refractivity contribution in [3.05, 3.63) is 17.8 Å². The van der Waals surface area contributed by atoms with E-state index in [1.54, 1.807) is 0 Å². The highest BCUT2D eigenvalue weighted by Gasteiger charge is 2.09. The van der Waals surface area contributed by atoms with E-state index in [4.69, 9.17) is 11.6 Å². The van der Waals surface area contributed by atoms with E-state index in [1.165, 1.54) is 0 Å². The number of nitrogens with zero attached hydrogens (tertiary/aromatic N) is 2. The van der Waals surface area contributed by atoms with Crippen molar-refractivity contribution < 1.29 is 4.79 Å². The summed E-state index contributed by atoms with van der Waals surface area (Å²) in [4.78, 5) is 15.6. The molecule has 0 radical (unpaired) electrons. The lowest BCUT2D eigenvalue weighted by Gasteiger charge is -1.99. The lowest BCUT2D eigenvalue weighted by molar-refractivity contribution is -0.115. The Morgan fingerprint density at radius 2 is 2.38 bits per heavy atom. The van der Waals surface area contributed by atoms with Gasteiger partial charge >= 0.3 is 0 Å². The van der Waals surface area contributed by atoms with Gasteiger partial charge in [0.1, 0.15) is 0 Å². The van der Waals surface area contributed by atoms with Crippen LogP contribution in [-0.4, -0.2) is 27.0 Å². The summed E-state index contributed by atoms with van der Waals surface area (Å²) in [5.41, 5.74) is 1.57. The van der Waals surface area contributed by atoms with E-state index in [9.17, 15) is 4.79 Å². The number of aromatic amines is 1. The summed E-state index contributed by atoms with van der Waals surface area (Å²) < 4.78 is 0. The molecule has 0 fully saturated rings. The Labute approximate surface area is 97.2 Å². The lowest BCUT2D eigenvalue weighted by atomic mass is 10.3. The van der Waals surface area contributed by atoms with Crippen LogP contribution in [0.1, 0.15) is 12.1 Å². The second kappa shape index (κ2) is 4.49. The molecule has 84 valence electrons. The van der Waals surface area contributed by atoms with Crippen LogP contribution in [0.5, 0.6) is 0 Å². The number of alkyl halides is 1. The van der Waals surface area contributed by atoms with Gasteiger partial charge in [-0.3, -0.25) is 9.89 Å². The number of hydrogen-bond donors (Lipinski definition) is 2. The van der Waals surface area contributed by atoms with Crippen LogP contribution in [0.3, 0.4) is 0 Å². The molecule has 0 saturated carbocycles. The van der Waals surface area contributed by atoms with Crippen LogP contribution >= 0.6 is 11.6 Å². The van der Waals surface area contributed by atoms with Crippen LogP contribution in [0.2, 0.25) is 0 Å². The zero-order valence-electron chi connectivity index (χ0n) is 8.75. The fraction of sp³-hybridized carbons (Fsp3) is 0.300. The van der Waals surface area contributed by atoms with Gasteiger partial charge in [-0.15, -0.1) is 11.6 Å². The SMILES string of the molecule is Cc1ccc2c(NC(=O)CCCl)n[nH]c2n1. The zero-order valence-corrected chi connectivity index (χ0v) is 9.51. The molecule has 2 rings (SSSR count). The average molecular weight is 239 g/mol. The number of H-pyrrole nitrogens is 1. The minimum Gasteiger partial charge on any atom is -0.309 e. The molecule has 0 unspecified atom stereocenters. The van der Waals surface area contributed by atoms with Crippen molar-refractivity contribution in [3.63, 3.8) is 0 Å². The summed E-state index contributed by atoms with van der Waals surface area (Å²) in [6.07, 6.45) is 0.273. The van der Waals surface area contributed by atoms with Crippen molar-refractivity contribution >= 4 is 34.4 Å². The molecule has 5 nitrogen and oxygen atoms in total. The van der Waals surface area contributed by atoms with E-state index in [-0.39, 0.29) is 12.3 Å². The number of fused-ring (bicyclic) bond motifs is 1. The van der Waals surface area contributed by atoms with Gasteiger partial charge in [0.2, 0.25) is 5.91 Å². The second-order valence-corrected chi connectivity index (χ2v) is 3.79. The monoisotopic (exact) mass is 238 g/mol. The molecule has 2 aromatic rings. The number of carbonyl (C=O) groups excluding carboxylic acids is 1. The molecular formula is C10H11ClN4O. The van der Waals surface area contributed by atoms with Gasteiger partial charge in [0.15, 0.2) is 11.5 Å². The maximum atomic E-state index is 11.4. The largest absolute Gasteiger partial charge is 0.309 e. The molecule has 2 N–H and O–H groups in total. The summed E-state index contributed by atoms with van der Waals surface area (Å²) in [5, 5.41) is 10.2. The minimum absolute atomic E-state index is 0.149. The molecule has 1 amide bonds. The predicted molar refractivity (Wildman–Crippen MR) is 62.6 cm³/mol. The summed E-state index contributed by atoms with van der Waals surface area (Å²) in [6.45, 7) is 1.89. The van der Waals surface area contributed by atoms with Gasteiger partial charge in [-0.2, -0.15) is 5.10 Å². The summed E-state index contributed by atoms with van der Waals surface area (Å²) >= 11 is 5.47. The lowest BCUT2D eigenvalue weighted by Crippen LogP contribution is -2.12. The standard InChI is InChI=1S/C10H11ClN4O/c1-6-2-3-7-9(12-6)14-15-10(7)13-8(16)4-5-11/h2-3H,4-5H2,1H3,(H2,12,13,14,15,16). The third-order valence-corrected chi connectivity index (χ3v) is 2.33. The Bertz CT molecular complexity index is 523. The first kappa shape index (κ1) is 10.9. The Morgan fingerprint density at radius 1 is 1.56 bits per heavy atom. The molecule has 2 heterocycles. The Balaban J connectivity index is 2.28. The molecule has 0 aliphatic carbocycles. The van der Waals surface area contributed by atoms with Crippen LogP contribution in [0, 0.1) is 6.92 Å². The predicted octanol–water partition coefficient (Wildman–Crippen LogP) is 1.83.